The number of amides is 1. The molecule has 0 saturated carbocycles. The molecule has 1 aromatic heterocycles. The van der Waals surface area contributed by atoms with E-state index in [1.54, 1.807) is 18.4 Å². The largest absolute Gasteiger partial charge is 0.479 e. The molecule has 1 aliphatic rings. The lowest BCUT2D eigenvalue weighted by molar-refractivity contribution is 0.0948. The highest BCUT2D eigenvalue weighted by Gasteiger charge is 2.27. The number of carbonyl (C=O) groups is 1. The number of ether oxygens (including phenoxy) is 1. The Morgan fingerprint density at radius 3 is 3.00 bits per heavy atom. The van der Waals surface area contributed by atoms with Gasteiger partial charge in [0.2, 0.25) is 0 Å². The van der Waals surface area contributed by atoms with Crippen molar-refractivity contribution in [1.82, 2.24) is 5.32 Å². The van der Waals surface area contributed by atoms with Crippen molar-refractivity contribution in [3.8, 4) is 11.8 Å². The first kappa shape index (κ1) is 19.6. The number of carbonyl (C=O) groups excluding carboxylic acids is 1. The number of hydrogen-bond acceptors (Lipinski definition) is 5. The summed E-state index contributed by atoms with van der Waals surface area (Å²) in [6.45, 7) is 3.08. The number of furan rings is 1. The van der Waals surface area contributed by atoms with Gasteiger partial charge in [-0.3, -0.25) is 4.79 Å². The molecule has 1 N–H and O–H groups in total. The Bertz CT molecular complexity index is 1080. The molecular weight excluding hydrogens is 378 g/mol. The van der Waals surface area contributed by atoms with Crippen molar-refractivity contribution in [3.63, 3.8) is 0 Å². The molecule has 4 rings (SSSR count). The van der Waals surface area contributed by atoms with Crippen molar-refractivity contribution in [2.24, 2.45) is 0 Å². The zero-order valence-electron chi connectivity index (χ0n) is 16.8. The predicted molar refractivity (Wildman–Crippen MR) is 113 cm³/mol. The van der Waals surface area contributed by atoms with Crippen LogP contribution in [0.3, 0.4) is 0 Å². The van der Waals surface area contributed by atoms with Gasteiger partial charge in [-0.05, 0) is 48.7 Å². The number of hydrogen-bond donors (Lipinski definition) is 1. The van der Waals surface area contributed by atoms with Crippen molar-refractivity contribution in [2.75, 3.05) is 11.5 Å². The first-order valence-corrected chi connectivity index (χ1v) is 9.93. The average molecular weight is 401 g/mol. The van der Waals surface area contributed by atoms with Gasteiger partial charge in [0.1, 0.15) is 17.6 Å². The summed E-state index contributed by atoms with van der Waals surface area (Å²) in [5, 5.41) is 11.6. The van der Waals surface area contributed by atoms with E-state index in [9.17, 15) is 4.79 Å². The molecule has 0 aliphatic carbocycles. The first-order chi connectivity index (χ1) is 14.7. The Labute approximate surface area is 175 Å². The van der Waals surface area contributed by atoms with Crippen LogP contribution in [-0.4, -0.2) is 18.6 Å². The second kappa shape index (κ2) is 8.75. The molecular formula is C24H23N3O3. The summed E-state index contributed by atoms with van der Waals surface area (Å²) in [5.41, 5.74) is 3.96. The highest BCUT2D eigenvalue weighted by atomic mass is 16.5. The lowest BCUT2D eigenvalue weighted by Gasteiger charge is -2.24. The molecule has 152 valence electrons. The van der Waals surface area contributed by atoms with Gasteiger partial charge in [-0.1, -0.05) is 30.3 Å². The van der Waals surface area contributed by atoms with E-state index >= 15 is 0 Å². The molecule has 6 nitrogen and oxygen atoms in total. The van der Waals surface area contributed by atoms with Crippen LogP contribution in [0, 0.1) is 11.3 Å². The van der Waals surface area contributed by atoms with E-state index in [4.69, 9.17) is 14.4 Å². The molecule has 0 fully saturated rings. The van der Waals surface area contributed by atoms with Gasteiger partial charge >= 0.3 is 0 Å². The molecule has 1 amide bonds. The lowest BCUT2D eigenvalue weighted by Crippen LogP contribution is -2.30. The van der Waals surface area contributed by atoms with Crippen LogP contribution in [0.15, 0.2) is 65.3 Å². The number of anilines is 1. The molecule has 1 unspecified atom stereocenters. The number of rotatable bonds is 7. The SMILES string of the molecule is CC1Cc2ccccc2N1Cc1occc1C(=O)NCc1cccc(OCC#N)c1. The normalized spacial score (nSPS) is 14.8. The number of fused-ring (bicyclic) bond motifs is 1. The topological polar surface area (TPSA) is 78.5 Å². The van der Waals surface area contributed by atoms with Crippen molar-refractivity contribution >= 4 is 11.6 Å². The van der Waals surface area contributed by atoms with Crippen molar-refractivity contribution < 1.29 is 13.9 Å². The fourth-order valence-electron chi connectivity index (χ4n) is 3.83. The summed E-state index contributed by atoms with van der Waals surface area (Å²) in [4.78, 5) is 15.1. The molecule has 6 heteroatoms. The van der Waals surface area contributed by atoms with Crippen LogP contribution in [0.25, 0.3) is 0 Å². The fourth-order valence-corrected chi connectivity index (χ4v) is 3.83. The fraction of sp³-hybridized carbons (Fsp3) is 0.250. The predicted octanol–water partition coefficient (Wildman–Crippen LogP) is 4.06. The second-order valence-corrected chi connectivity index (χ2v) is 7.34. The highest BCUT2D eigenvalue weighted by Crippen LogP contribution is 2.33. The van der Waals surface area contributed by atoms with Gasteiger partial charge in [0.15, 0.2) is 6.61 Å². The molecule has 0 saturated heterocycles. The van der Waals surface area contributed by atoms with E-state index in [0.29, 0.717) is 36.2 Å². The highest BCUT2D eigenvalue weighted by molar-refractivity contribution is 5.95. The van der Waals surface area contributed by atoms with Crippen molar-refractivity contribution in [1.29, 1.82) is 5.26 Å². The van der Waals surface area contributed by atoms with Crippen LogP contribution in [0.2, 0.25) is 0 Å². The van der Waals surface area contributed by atoms with Crippen molar-refractivity contribution in [2.45, 2.75) is 32.5 Å². The maximum absolute atomic E-state index is 12.8. The van der Waals surface area contributed by atoms with Gasteiger partial charge in [-0.2, -0.15) is 5.26 Å². The summed E-state index contributed by atoms with van der Waals surface area (Å²) >= 11 is 0. The van der Waals surface area contributed by atoms with Crippen LogP contribution in [0.5, 0.6) is 5.75 Å². The molecule has 30 heavy (non-hydrogen) atoms. The molecule has 0 radical (unpaired) electrons. The zero-order chi connectivity index (χ0) is 20.9. The zero-order valence-corrected chi connectivity index (χ0v) is 16.8. The molecule has 2 heterocycles. The Kier molecular flexibility index (Phi) is 5.71. The summed E-state index contributed by atoms with van der Waals surface area (Å²) in [6, 6.07) is 19.7. The van der Waals surface area contributed by atoms with E-state index < -0.39 is 0 Å². The van der Waals surface area contributed by atoms with Gasteiger partial charge in [0.05, 0.1) is 18.4 Å². The molecule has 1 aliphatic heterocycles. The van der Waals surface area contributed by atoms with Gasteiger partial charge < -0.3 is 19.4 Å². The minimum atomic E-state index is -0.178. The number of nitriles is 1. The number of para-hydroxylation sites is 1. The van der Waals surface area contributed by atoms with Gasteiger partial charge in [0.25, 0.3) is 5.91 Å². The number of benzene rings is 2. The van der Waals surface area contributed by atoms with E-state index in [2.05, 4.69) is 35.3 Å². The smallest absolute Gasteiger partial charge is 0.255 e. The molecule has 2 aromatic carbocycles. The standard InChI is InChI=1S/C24H23N3O3/c1-17-13-19-6-2-3-8-22(19)27(17)16-23-21(9-11-30-23)24(28)26-15-18-5-4-7-20(14-18)29-12-10-25/h2-9,11,14,17H,12-13,15-16H2,1H3,(H,26,28). The average Bonchev–Trinajstić information content (AvgIpc) is 3.35. The van der Waals surface area contributed by atoms with Crippen LogP contribution in [-0.2, 0) is 19.5 Å². The summed E-state index contributed by atoms with van der Waals surface area (Å²) < 4.78 is 11.0. The monoisotopic (exact) mass is 401 g/mol. The van der Waals surface area contributed by atoms with Gasteiger partial charge in [-0.25, -0.2) is 0 Å². The van der Waals surface area contributed by atoms with Crippen LogP contribution in [0.1, 0.15) is 34.2 Å². The third-order valence-corrected chi connectivity index (χ3v) is 5.31. The lowest BCUT2D eigenvalue weighted by atomic mass is 10.1. The summed E-state index contributed by atoms with van der Waals surface area (Å²) in [7, 11) is 0. The quantitative estimate of drug-likeness (QED) is 0.646. The van der Waals surface area contributed by atoms with Crippen LogP contribution >= 0.6 is 0 Å². The van der Waals surface area contributed by atoms with E-state index in [1.165, 1.54) is 11.3 Å². The van der Waals surface area contributed by atoms with E-state index in [1.807, 2.05) is 30.3 Å². The maximum atomic E-state index is 12.8. The van der Waals surface area contributed by atoms with Crippen LogP contribution < -0.4 is 15.0 Å². The Balaban J connectivity index is 1.42. The summed E-state index contributed by atoms with van der Waals surface area (Å²) in [6.07, 6.45) is 2.55. The molecule has 3 aromatic rings. The van der Waals surface area contributed by atoms with Crippen molar-refractivity contribution in [3.05, 3.63) is 83.3 Å². The minimum Gasteiger partial charge on any atom is -0.479 e. The van der Waals surface area contributed by atoms with Gasteiger partial charge in [-0.15, -0.1) is 0 Å². The Morgan fingerprint density at radius 2 is 2.13 bits per heavy atom. The van der Waals surface area contributed by atoms with Gasteiger partial charge in [0, 0.05) is 18.3 Å². The van der Waals surface area contributed by atoms with E-state index in [-0.39, 0.29) is 12.5 Å². The molecule has 0 spiro atoms. The van der Waals surface area contributed by atoms with E-state index in [0.717, 1.165) is 12.0 Å². The maximum Gasteiger partial charge on any atom is 0.255 e. The molecule has 0 bridgehead atoms. The third-order valence-electron chi connectivity index (χ3n) is 5.31. The third kappa shape index (κ3) is 4.15. The van der Waals surface area contributed by atoms with Crippen LogP contribution in [0.4, 0.5) is 5.69 Å². The number of nitrogens with one attached hydrogen (secondary N) is 1. The minimum absolute atomic E-state index is 0.00770. The molecule has 1 atom stereocenters. The Morgan fingerprint density at radius 1 is 1.27 bits per heavy atom. The second-order valence-electron chi connectivity index (χ2n) is 7.34. The summed E-state index contributed by atoms with van der Waals surface area (Å²) in [5.74, 6) is 1.08. The number of nitrogens with zero attached hydrogens (tertiary/aromatic N) is 2. The first-order valence-electron chi connectivity index (χ1n) is 9.93. The Hall–Kier alpha value is -3.72.